The third-order valence-electron chi connectivity index (χ3n) is 4.81. The fourth-order valence-corrected chi connectivity index (χ4v) is 4.91. The summed E-state index contributed by atoms with van der Waals surface area (Å²) in [5, 5.41) is 0. The van der Waals surface area contributed by atoms with Crippen LogP contribution in [0.5, 0.6) is 0 Å². The molecular weight excluding hydrogens is 360 g/mol. The summed E-state index contributed by atoms with van der Waals surface area (Å²) in [6.07, 6.45) is 3.06. The first kappa shape index (κ1) is 19.4. The normalized spacial score (nSPS) is 14.8. The summed E-state index contributed by atoms with van der Waals surface area (Å²) < 4.78 is 27.9. The maximum absolute atomic E-state index is 13.3. The average Bonchev–Trinajstić information content (AvgIpc) is 2.66. The Kier molecular flexibility index (Phi) is 5.85. The van der Waals surface area contributed by atoms with Gasteiger partial charge >= 0.3 is 0 Å². The Labute approximate surface area is 161 Å². The van der Waals surface area contributed by atoms with Gasteiger partial charge in [0, 0.05) is 13.1 Å². The van der Waals surface area contributed by atoms with E-state index >= 15 is 0 Å². The molecule has 2 aromatic carbocycles. The van der Waals surface area contributed by atoms with Crippen molar-refractivity contribution in [3.63, 3.8) is 0 Å². The molecular formula is C21H26N2O3S. The molecule has 0 radical (unpaired) electrons. The Bertz CT molecular complexity index is 884. The molecule has 3 rings (SSSR count). The molecule has 0 aromatic heterocycles. The Hall–Kier alpha value is -2.34. The van der Waals surface area contributed by atoms with Crippen LogP contribution in [-0.2, 0) is 14.8 Å². The molecule has 0 atom stereocenters. The number of amides is 1. The van der Waals surface area contributed by atoms with E-state index in [-0.39, 0.29) is 17.3 Å². The van der Waals surface area contributed by atoms with E-state index in [9.17, 15) is 13.2 Å². The highest BCUT2D eigenvalue weighted by atomic mass is 32.2. The van der Waals surface area contributed by atoms with Crippen molar-refractivity contribution in [2.45, 2.75) is 38.0 Å². The van der Waals surface area contributed by atoms with Crippen LogP contribution in [0.3, 0.4) is 0 Å². The highest BCUT2D eigenvalue weighted by molar-refractivity contribution is 7.92. The molecule has 0 N–H and O–H groups in total. The molecule has 0 aliphatic carbocycles. The van der Waals surface area contributed by atoms with Gasteiger partial charge in [-0.1, -0.05) is 24.3 Å². The van der Waals surface area contributed by atoms with E-state index in [1.807, 2.05) is 32.0 Å². The third-order valence-corrected chi connectivity index (χ3v) is 6.60. The molecule has 1 heterocycles. The van der Waals surface area contributed by atoms with E-state index in [0.29, 0.717) is 18.8 Å². The number of aryl methyl sites for hydroxylation is 2. The monoisotopic (exact) mass is 386 g/mol. The van der Waals surface area contributed by atoms with Crippen LogP contribution < -0.4 is 4.31 Å². The zero-order valence-electron chi connectivity index (χ0n) is 15.9. The summed E-state index contributed by atoms with van der Waals surface area (Å²) >= 11 is 0. The van der Waals surface area contributed by atoms with Gasteiger partial charge < -0.3 is 4.90 Å². The highest BCUT2D eigenvalue weighted by Crippen LogP contribution is 2.26. The van der Waals surface area contributed by atoms with Crippen molar-refractivity contribution in [2.24, 2.45) is 0 Å². The van der Waals surface area contributed by atoms with Crippen LogP contribution in [0.1, 0.15) is 30.4 Å². The average molecular weight is 387 g/mol. The van der Waals surface area contributed by atoms with Crippen LogP contribution in [-0.4, -0.2) is 38.9 Å². The Morgan fingerprint density at radius 2 is 1.56 bits per heavy atom. The van der Waals surface area contributed by atoms with Crippen molar-refractivity contribution < 1.29 is 13.2 Å². The van der Waals surface area contributed by atoms with Gasteiger partial charge in [0.25, 0.3) is 10.0 Å². The molecule has 1 aliphatic heterocycles. The minimum atomic E-state index is -3.84. The first-order valence-corrected chi connectivity index (χ1v) is 10.8. The van der Waals surface area contributed by atoms with Crippen molar-refractivity contribution in [3.8, 4) is 0 Å². The number of benzene rings is 2. The molecule has 0 bridgehead atoms. The van der Waals surface area contributed by atoms with Gasteiger partial charge in [0.2, 0.25) is 5.91 Å². The molecule has 0 unspecified atom stereocenters. The largest absolute Gasteiger partial charge is 0.341 e. The lowest BCUT2D eigenvalue weighted by atomic mass is 10.1. The first-order valence-electron chi connectivity index (χ1n) is 9.32. The van der Waals surface area contributed by atoms with Gasteiger partial charge in [-0.25, -0.2) is 8.42 Å². The van der Waals surface area contributed by atoms with Gasteiger partial charge in [-0.05, 0) is 68.5 Å². The van der Waals surface area contributed by atoms with Crippen molar-refractivity contribution >= 4 is 21.6 Å². The minimum absolute atomic E-state index is 0.145. The van der Waals surface area contributed by atoms with Crippen LogP contribution in [0.4, 0.5) is 5.69 Å². The van der Waals surface area contributed by atoms with E-state index in [0.717, 1.165) is 30.4 Å². The van der Waals surface area contributed by atoms with E-state index in [2.05, 4.69) is 0 Å². The van der Waals surface area contributed by atoms with Gasteiger partial charge in [0.05, 0.1) is 10.6 Å². The van der Waals surface area contributed by atoms with Gasteiger partial charge in [-0.2, -0.15) is 0 Å². The SMILES string of the molecule is Cc1cc(C)cc(N(CC(=O)N2CCCCC2)S(=O)(=O)c2ccccc2)c1. The number of hydrogen-bond acceptors (Lipinski definition) is 3. The number of likely N-dealkylation sites (tertiary alicyclic amines) is 1. The lowest BCUT2D eigenvalue weighted by molar-refractivity contribution is -0.130. The van der Waals surface area contributed by atoms with Crippen molar-refractivity contribution in [2.75, 3.05) is 23.9 Å². The van der Waals surface area contributed by atoms with Gasteiger partial charge in [-0.15, -0.1) is 0 Å². The lowest BCUT2D eigenvalue weighted by Gasteiger charge is -2.31. The van der Waals surface area contributed by atoms with Gasteiger partial charge in [0.15, 0.2) is 0 Å². The standard InChI is InChI=1S/C21H26N2O3S/c1-17-13-18(2)15-19(14-17)23(16-21(24)22-11-7-4-8-12-22)27(25,26)20-9-5-3-6-10-20/h3,5-6,9-10,13-15H,4,7-8,11-12,16H2,1-2H3. The number of anilines is 1. The second-order valence-electron chi connectivity index (χ2n) is 7.11. The smallest absolute Gasteiger partial charge is 0.264 e. The number of hydrogen-bond donors (Lipinski definition) is 0. The molecule has 1 amide bonds. The summed E-state index contributed by atoms with van der Waals surface area (Å²) in [6.45, 7) is 5.07. The van der Waals surface area contributed by atoms with Crippen molar-refractivity contribution in [1.82, 2.24) is 4.90 Å². The molecule has 27 heavy (non-hydrogen) atoms. The van der Waals surface area contributed by atoms with Gasteiger partial charge in [-0.3, -0.25) is 9.10 Å². The zero-order valence-corrected chi connectivity index (χ0v) is 16.7. The summed E-state index contributed by atoms with van der Waals surface area (Å²) in [5.41, 5.74) is 2.45. The van der Waals surface area contributed by atoms with Crippen LogP contribution >= 0.6 is 0 Å². The number of carbonyl (C=O) groups excluding carboxylic acids is 1. The fourth-order valence-electron chi connectivity index (χ4n) is 3.50. The summed E-state index contributed by atoms with van der Waals surface area (Å²) in [7, 11) is -3.84. The van der Waals surface area contributed by atoms with Crippen LogP contribution in [0, 0.1) is 13.8 Å². The number of rotatable bonds is 5. The maximum Gasteiger partial charge on any atom is 0.264 e. The molecule has 0 spiro atoms. The number of sulfonamides is 1. The predicted octanol–water partition coefficient (Wildman–Crippen LogP) is 3.51. The molecule has 0 saturated carbocycles. The highest BCUT2D eigenvalue weighted by Gasteiger charge is 2.29. The van der Waals surface area contributed by atoms with E-state index in [1.165, 1.54) is 4.31 Å². The number of nitrogens with zero attached hydrogens (tertiary/aromatic N) is 2. The quantitative estimate of drug-likeness (QED) is 0.790. The second kappa shape index (κ2) is 8.13. The number of piperidine rings is 1. The molecule has 1 saturated heterocycles. The zero-order chi connectivity index (χ0) is 19.4. The van der Waals surface area contributed by atoms with E-state index in [4.69, 9.17) is 0 Å². The minimum Gasteiger partial charge on any atom is -0.341 e. The van der Waals surface area contributed by atoms with E-state index < -0.39 is 10.0 Å². The maximum atomic E-state index is 13.3. The van der Waals surface area contributed by atoms with E-state index in [1.54, 1.807) is 35.2 Å². The summed E-state index contributed by atoms with van der Waals surface area (Å²) in [6, 6.07) is 13.9. The predicted molar refractivity (Wildman–Crippen MR) is 107 cm³/mol. The summed E-state index contributed by atoms with van der Waals surface area (Å²) in [4.78, 5) is 14.8. The Balaban J connectivity index is 1.99. The third kappa shape index (κ3) is 4.50. The molecule has 2 aromatic rings. The number of carbonyl (C=O) groups is 1. The van der Waals surface area contributed by atoms with Crippen molar-refractivity contribution in [3.05, 3.63) is 59.7 Å². The van der Waals surface area contributed by atoms with Crippen LogP contribution in [0.25, 0.3) is 0 Å². The van der Waals surface area contributed by atoms with Gasteiger partial charge in [0.1, 0.15) is 6.54 Å². The molecule has 1 fully saturated rings. The molecule has 5 nitrogen and oxygen atoms in total. The van der Waals surface area contributed by atoms with Crippen LogP contribution in [0.2, 0.25) is 0 Å². The topological polar surface area (TPSA) is 57.7 Å². The Morgan fingerprint density at radius 1 is 0.963 bits per heavy atom. The molecule has 1 aliphatic rings. The lowest BCUT2D eigenvalue weighted by Crippen LogP contribution is -2.44. The molecule has 6 heteroatoms. The summed E-state index contributed by atoms with van der Waals surface area (Å²) in [5.74, 6) is -0.145. The second-order valence-corrected chi connectivity index (χ2v) is 8.97. The fraction of sp³-hybridized carbons (Fsp3) is 0.381. The first-order chi connectivity index (χ1) is 12.9. The molecule has 144 valence electrons. The van der Waals surface area contributed by atoms with Crippen LogP contribution in [0.15, 0.2) is 53.4 Å². The van der Waals surface area contributed by atoms with Crippen molar-refractivity contribution in [1.29, 1.82) is 0 Å². The Morgan fingerprint density at radius 3 is 2.15 bits per heavy atom.